The predicted octanol–water partition coefficient (Wildman–Crippen LogP) is 2.17. The minimum Gasteiger partial charge on any atom is -0.262 e. The monoisotopic (exact) mass is 109 g/mol. The molecule has 0 amide bonds. The second-order valence-corrected chi connectivity index (χ2v) is 1.44. The average Bonchev–Trinajstić information content (AvgIpc) is 1.83. The van der Waals surface area contributed by atoms with E-state index in [2.05, 4.69) is 11.6 Å². The van der Waals surface area contributed by atoms with E-state index in [0.29, 0.717) is 0 Å². The van der Waals surface area contributed by atoms with E-state index in [1.165, 1.54) is 0 Å². The highest BCUT2D eigenvalue weighted by atomic mass is 14.7. The first-order chi connectivity index (χ1) is 3.81. The molecule has 0 fully saturated rings. The summed E-state index contributed by atoms with van der Waals surface area (Å²) in [5, 5.41) is 0. The summed E-state index contributed by atoms with van der Waals surface area (Å²) >= 11 is 0. The van der Waals surface area contributed by atoms with Crippen LogP contribution in [0.1, 0.15) is 13.8 Å². The third-order valence-corrected chi connectivity index (χ3v) is 0.801. The zero-order valence-corrected chi connectivity index (χ0v) is 5.39. The number of allylic oxidation sites excluding steroid dienone is 3. The van der Waals surface area contributed by atoms with Crippen LogP contribution in [-0.4, -0.2) is 6.21 Å². The summed E-state index contributed by atoms with van der Waals surface area (Å²) in [6, 6.07) is 0. The van der Waals surface area contributed by atoms with E-state index in [0.717, 1.165) is 5.70 Å². The molecule has 0 atom stereocenters. The number of nitrogens with zero attached hydrogens (tertiary/aromatic N) is 1. The third kappa shape index (κ3) is 3.34. The molecule has 0 N–H and O–H groups in total. The van der Waals surface area contributed by atoms with Crippen molar-refractivity contribution < 1.29 is 0 Å². The zero-order valence-electron chi connectivity index (χ0n) is 5.39. The Hall–Kier alpha value is -0.850. The molecule has 0 rings (SSSR count). The molecule has 0 heterocycles. The van der Waals surface area contributed by atoms with E-state index in [9.17, 15) is 0 Å². The van der Waals surface area contributed by atoms with Gasteiger partial charge in [0.25, 0.3) is 0 Å². The summed E-state index contributed by atoms with van der Waals surface area (Å²) in [5.74, 6) is 0. The maximum absolute atomic E-state index is 3.98. The second-order valence-electron chi connectivity index (χ2n) is 1.44. The van der Waals surface area contributed by atoms with Crippen molar-refractivity contribution in [2.45, 2.75) is 13.8 Å². The van der Waals surface area contributed by atoms with Crippen LogP contribution < -0.4 is 0 Å². The van der Waals surface area contributed by atoms with Crippen LogP contribution in [0.3, 0.4) is 0 Å². The fourth-order valence-electron chi connectivity index (χ4n) is 0.245. The largest absolute Gasteiger partial charge is 0.262 e. The smallest absolute Gasteiger partial charge is 0.0330 e. The lowest BCUT2D eigenvalue weighted by Crippen LogP contribution is -1.66. The molecule has 1 nitrogen and oxygen atoms in total. The van der Waals surface area contributed by atoms with Gasteiger partial charge in [0.1, 0.15) is 0 Å². The second kappa shape index (κ2) is 4.31. The first kappa shape index (κ1) is 7.15. The molecule has 0 saturated carbocycles. The number of rotatable bonds is 2. The minimum absolute atomic E-state index is 1.02. The van der Waals surface area contributed by atoms with Crippen LogP contribution in [0.4, 0.5) is 0 Å². The Morgan fingerprint density at radius 1 is 1.62 bits per heavy atom. The van der Waals surface area contributed by atoms with Crippen LogP contribution in [0.15, 0.2) is 29.4 Å². The summed E-state index contributed by atoms with van der Waals surface area (Å²) < 4.78 is 0. The van der Waals surface area contributed by atoms with Crippen molar-refractivity contribution in [1.82, 2.24) is 0 Å². The first-order valence-corrected chi connectivity index (χ1v) is 2.59. The zero-order chi connectivity index (χ0) is 6.41. The van der Waals surface area contributed by atoms with Crippen LogP contribution in [0.5, 0.6) is 0 Å². The molecule has 44 valence electrons. The molecule has 0 bridgehead atoms. The molecule has 0 aliphatic carbocycles. The normalized spacial score (nSPS) is 12.5. The molecule has 0 radical (unpaired) electrons. The molecule has 8 heavy (non-hydrogen) atoms. The molecule has 0 spiro atoms. The van der Waals surface area contributed by atoms with Crippen molar-refractivity contribution in [2.75, 3.05) is 0 Å². The molecule has 0 aromatic rings. The highest BCUT2D eigenvalue weighted by Crippen LogP contribution is 1.89. The van der Waals surface area contributed by atoms with Gasteiger partial charge in [-0.05, 0) is 13.8 Å². The molecule has 0 aromatic heterocycles. The van der Waals surface area contributed by atoms with Gasteiger partial charge >= 0.3 is 0 Å². The van der Waals surface area contributed by atoms with Crippen molar-refractivity contribution in [3.8, 4) is 0 Å². The lowest BCUT2D eigenvalue weighted by molar-refractivity contribution is 1.30. The molecular formula is C7H11N. The van der Waals surface area contributed by atoms with Gasteiger partial charge in [-0.2, -0.15) is 0 Å². The van der Waals surface area contributed by atoms with Gasteiger partial charge in [-0.25, -0.2) is 0 Å². The van der Waals surface area contributed by atoms with Crippen molar-refractivity contribution >= 4 is 6.21 Å². The topological polar surface area (TPSA) is 12.4 Å². The minimum atomic E-state index is 1.02. The molecule has 0 saturated heterocycles. The fraction of sp³-hybridized carbons (Fsp3) is 0.286. The highest BCUT2D eigenvalue weighted by Gasteiger charge is 1.71. The molecule has 0 aromatic carbocycles. The van der Waals surface area contributed by atoms with Crippen LogP contribution in [0.25, 0.3) is 0 Å². The van der Waals surface area contributed by atoms with Crippen LogP contribution in [0, 0.1) is 0 Å². The van der Waals surface area contributed by atoms with E-state index in [1.807, 2.05) is 19.9 Å². The lowest BCUT2D eigenvalue weighted by Gasteiger charge is -1.82. The van der Waals surface area contributed by atoms with Gasteiger partial charge in [0.15, 0.2) is 0 Å². The lowest BCUT2D eigenvalue weighted by atomic mass is 10.5. The van der Waals surface area contributed by atoms with Crippen LogP contribution in [-0.2, 0) is 0 Å². The Labute approximate surface area is 50.4 Å². The Morgan fingerprint density at radius 2 is 2.25 bits per heavy atom. The maximum Gasteiger partial charge on any atom is 0.0330 e. The Bertz CT molecular complexity index is 120. The van der Waals surface area contributed by atoms with E-state index in [1.54, 1.807) is 12.3 Å². The number of hydrogen-bond acceptors (Lipinski definition) is 1. The van der Waals surface area contributed by atoms with E-state index >= 15 is 0 Å². The standard InChI is InChI=1S/C7H11N/c1-4-6-8-7(3)5-2/h4-6H,1H2,2-3H3/b7-5-,8-6?. The van der Waals surface area contributed by atoms with Crippen molar-refractivity contribution in [3.63, 3.8) is 0 Å². The summed E-state index contributed by atoms with van der Waals surface area (Å²) in [6.45, 7) is 7.39. The maximum atomic E-state index is 3.98. The molecule has 1 heteroatoms. The fourth-order valence-corrected chi connectivity index (χ4v) is 0.245. The van der Waals surface area contributed by atoms with Gasteiger partial charge in [0.2, 0.25) is 0 Å². The summed E-state index contributed by atoms with van der Waals surface area (Å²) in [5.41, 5.74) is 1.02. The SMILES string of the molecule is C=CC=N/C(C)=C\C. The highest BCUT2D eigenvalue weighted by molar-refractivity contribution is 5.71. The predicted molar refractivity (Wildman–Crippen MR) is 38.1 cm³/mol. The number of aliphatic imine (C=N–C) groups is 1. The van der Waals surface area contributed by atoms with E-state index in [4.69, 9.17) is 0 Å². The van der Waals surface area contributed by atoms with E-state index in [-0.39, 0.29) is 0 Å². The molecular weight excluding hydrogens is 98.1 g/mol. The molecule has 0 aliphatic rings. The first-order valence-electron chi connectivity index (χ1n) is 2.59. The summed E-state index contributed by atoms with van der Waals surface area (Å²) in [4.78, 5) is 3.98. The van der Waals surface area contributed by atoms with Crippen LogP contribution in [0.2, 0.25) is 0 Å². The van der Waals surface area contributed by atoms with Gasteiger partial charge in [-0.1, -0.05) is 18.7 Å². The summed E-state index contributed by atoms with van der Waals surface area (Å²) in [6.07, 6.45) is 5.28. The van der Waals surface area contributed by atoms with Crippen molar-refractivity contribution in [2.24, 2.45) is 4.99 Å². The third-order valence-electron chi connectivity index (χ3n) is 0.801. The molecule has 0 aliphatic heterocycles. The Morgan fingerprint density at radius 3 is 2.62 bits per heavy atom. The van der Waals surface area contributed by atoms with Gasteiger partial charge in [0.05, 0.1) is 0 Å². The van der Waals surface area contributed by atoms with Gasteiger partial charge in [0, 0.05) is 11.9 Å². The molecule has 0 unspecified atom stereocenters. The average molecular weight is 109 g/mol. The quantitative estimate of drug-likeness (QED) is 0.482. The van der Waals surface area contributed by atoms with E-state index < -0.39 is 0 Å². The van der Waals surface area contributed by atoms with Gasteiger partial charge < -0.3 is 0 Å². The van der Waals surface area contributed by atoms with Crippen LogP contribution >= 0.6 is 0 Å². The van der Waals surface area contributed by atoms with Gasteiger partial charge in [-0.3, -0.25) is 4.99 Å². The van der Waals surface area contributed by atoms with Gasteiger partial charge in [-0.15, -0.1) is 0 Å². The van der Waals surface area contributed by atoms with Crippen molar-refractivity contribution in [1.29, 1.82) is 0 Å². The number of hydrogen-bond donors (Lipinski definition) is 0. The Balaban J connectivity index is 3.69. The van der Waals surface area contributed by atoms with Crippen molar-refractivity contribution in [3.05, 3.63) is 24.4 Å². The summed E-state index contributed by atoms with van der Waals surface area (Å²) in [7, 11) is 0. The Kier molecular flexibility index (Phi) is 3.85.